The maximum absolute atomic E-state index is 11.7. The molecule has 0 spiro atoms. The summed E-state index contributed by atoms with van der Waals surface area (Å²) in [4.78, 5) is 25.0. The molecule has 0 aromatic rings. The standard InChI is InChI=1S/C17H29NO4/c1-12(2)8-7-9-13(3)10-11-17(15(19)20,16(21)22)14(4)18(5)6/h8,10,14H,7,9,11H2,1-6H3,(H,19,20)(H,21,22)/b13-10+. The predicted octanol–water partition coefficient (Wildman–Crippen LogP) is 3.17. The van der Waals surface area contributed by atoms with Crippen molar-refractivity contribution in [1.29, 1.82) is 0 Å². The van der Waals surface area contributed by atoms with Crippen LogP contribution >= 0.6 is 0 Å². The maximum Gasteiger partial charge on any atom is 0.323 e. The van der Waals surface area contributed by atoms with Crippen LogP contribution in [0.15, 0.2) is 23.3 Å². The van der Waals surface area contributed by atoms with Crippen molar-refractivity contribution in [1.82, 2.24) is 4.90 Å². The molecule has 0 aromatic carbocycles. The minimum absolute atomic E-state index is 0.0162. The molecule has 0 aliphatic heterocycles. The zero-order valence-corrected chi connectivity index (χ0v) is 14.5. The van der Waals surface area contributed by atoms with Crippen molar-refractivity contribution in [2.75, 3.05) is 14.1 Å². The number of rotatable bonds is 9. The summed E-state index contributed by atoms with van der Waals surface area (Å²) in [6.45, 7) is 7.59. The smallest absolute Gasteiger partial charge is 0.323 e. The fourth-order valence-corrected chi connectivity index (χ4v) is 2.26. The first-order valence-electron chi connectivity index (χ1n) is 7.48. The third-order valence-electron chi connectivity index (χ3n) is 4.11. The van der Waals surface area contributed by atoms with Crippen LogP contribution in [0.4, 0.5) is 0 Å². The van der Waals surface area contributed by atoms with Gasteiger partial charge in [0.25, 0.3) is 0 Å². The van der Waals surface area contributed by atoms with Crippen molar-refractivity contribution in [3.8, 4) is 0 Å². The highest BCUT2D eigenvalue weighted by atomic mass is 16.4. The average molecular weight is 311 g/mol. The first-order valence-corrected chi connectivity index (χ1v) is 7.48. The van der Waals surface area contributed by atoms with E-state index in [0.717, 1.165) is 18.4 Å². The topological polar surface area (TPSA) is 77.8 Å². The molecule has 0 saturated heterocycles. The summed E-state index contributed by atoms with van der Waals surface area (Å²) in [5.74, 6) is -2.59. The number of nitrogens with zero attached hydrogens (tertiary/aromatic N) is 1. The molecule has 5 nitrogen and oxygen atoms in total. The van der Waals surface area contributed by atoms with Gasteiger partial charge in [-0.15, -0.1) is 0 Å². The summed E-state index contributed by atoms with van der Waals surface area (Å²) >= 11 is 0. The number of hydrogen-bond acceptors (Lipinski definition) is 3. The Hall–Kier alpha value is -1.62. The number of carboxylic acid groups (broad SMARTS) is 2. The molecule has 22 heavy (non-hydrogen) atoms. The van der Waals surface area contributed by atoms with Gasteiger partial charge in [0, 0.05) is 6.04 Å². The van der Waals surface area contributed by atoms with Crippen molar-refractivity contribution < 1.29 is 19.8 Å². The molecule has 0 fully saturated rings. The van der Waals surface area contributed by atoms with Gasteiger partial charge in [0.1, 0.15) is 0 Å². The van der Waals surface area contributed by atoms with Crippen LogP contribution in [0, 0.1) is 5.41 Å². The van der Waals surface area contributed by atoms with E-state index in [2.05, 4.69) is 6.08 Å². The minimum atomic E-state index is -1.83. The molecule has 126 valence electrons. The SMILES string of the molecule is CC(C)=CCC/C(C)=C/CC(C(=O)O)(C(=O)O)C(C)N(C)C. The molecule has 0 radical (unpaired) electrons. The summed E-state index contributed by atoms with van der Waals surface area (Å²) < 4.78 is 0. The Labute approximate surface area is 133 Å². The van der Waals surface area contributed by atoms with Crippen LogP contribution in [0.1, 0.15) is 47.0 Å². The van der Waals surface area contributed by atoms with E-state index in [1.165, 1.54) is 5.57 Å². The van der Waals surface area contributed by atoms with E-state index in [1.807, 2.05) is 20.8 Å². The van der Waals surface area contributed by atoms with Crippen LogP contribution in [-0.2, 0) is 9.59 Å². The second-order valence-corrected chi connectivity index (χ2v) is 6.30. The summed E-state index contributed by atoms with van der Waals surface area (Å²) in [7, 11) is 3.38. The highest BCUT2D eigenvalue weighted by Gasteiger charge is 2.51. The molecule has 0 heterocycles. The molecule has 0 rings (SSSR count). The minimum Gasteiger partial charge on any atom is -0.480 e. The van der Waals surface area contributed by atoms with E-state index in [-0.39, 0.29) is 6.42 Å². The van der Waals surface area contributed by atoms with Gasteiger partial charge in [0.2, 0.25) is 0 Å². The number of aliphatic carboxylic acids is 2. The molecule has 0 amide bonds. The van der Waals surface area contributed by atoms with Crippen molar-refractivity contribution in [2.45, 2.75) is 53.0 Å². The lowest BCUT2D eigenvalue weighted by Crippen LogP contribution is -2.53. The van der Waals surface area contributed by atoms with Crippen LogP contribution in [-0.4, -0.2) is 47.2 Å². The van der Waals surface area contributed by atoms with E-state index in [4.69, 9.17) is 0 Å². The lowest BCUT2D eigenvalue weighted by molar-refractivity contribution is -0.169. The van der Waals surface area contributed by atoms with E-state index in [0.29, 0.717) is 0 Å². The van der Waals surface area contributed by atoms with E-state index >= 15 is 0 Å². The molecular weight excluding hydrogens is 282 g/mol. The Bertz CT molecular complexity index is 445. The monoisotopic (exact) mass is 311 g/mol. The first-order chi connectivity index (χ1) is 10.1. The third-order valence-corrected chi connectivity index (χ3v) is 4.11. The molecule has 0 aliphatic rings. The van der Waals surface area contributed by atoms with Crippen LogP contribution in [0.3, 0.4) is 0 Å². The Balaban J connectivity index is 5.27. The van der Waals surface area contributed by atoms with Gasteiger partial charge in [-0.2, -0.15) is 0 Å². The van der Waals surface area contributed by atoms with Crippen LogP contribution in [0.25, 0.3) is 0 Å². The molecule has 0 bridgehead atoms. The zero-order valence-electron chi connectivity index (χ0n) is 14.5. The summed E-state index contributed by atoms with van der Waals surface area (Å²) in [6.07, 6.45) is 5.53. The second-order valence-electron chi connectivity index (χ2n) is 6.30. The molecule has 0 saturated carbocycles. The van der Waals surface area contributed by atoms with Crippen LogP contribution in [0.5, 0.6) is 0 Å². The molecule has 1 unspecified atom stereocenters. The molecule has 0 aliphatic carbocycles. The number of carbonyl (C=O) groups is 2. The van der Waals surface area contributed by atoms with Gasteiger partial charge in [-0.1, -0.05) is 23.3 Å². The van der Waals surface area contributed by atoms with Crippen LogP contribution < -0.4 is 0 Å². The Kier molecular flexibility index (Phi) is 8.09. The van der Waals surface area contributed by atoms with Gasteiger partial charge in [-0.05, 0) is 61.1 Å². The molecule has 1 atom stereocenters. The van der Waals surface area contributed by atoms with Gasteiger partial charge in [0.05, 0.1) is 0 Å². The average Bonchev–Trinajstić information content (AvgIpc) is 2.37. The summed E-state index contributed by atoms with van der Waals surface area (Å²) in [5.41, 5.74) is 0.413. The van der Waals surface area contributed by atoms with Gasteiger partial charge >= 0.3 is 11.9 Å². The fraction of sp³-hybridized carbons (Fsp3) is 0.647. The Morgan fingerprint density at radius 2 is 1.59 bits per heavy atom. The first kappa shape index (κ1) is 20.4. The normalized spacial score (nSPS) is 13.9. The zero-order chi connectivity index (χ0) is 17.5. The van der Waals surface area contributed by atoms with E-state index in [1.54, 1.807) is 32.0 Å². The Morgan fingerprint density at radius 1 is 1.09 bits per heavy atom. The van der Waals surface area contributed by atoms with Crippen molar-refractivity contribution in [3.63, 3.8) is 0 Å². The highest BCUT2D eigenvalue weighted by molar-refractivity contribution is 5.99. The molecular formula is C17H29NO4. The lowest BCUT2D eigenvalue weighted by atomic mass is 9.76. The van der Waals surface area contributed by atoms with Gasteiger partial charge < -0.3 is 15.1 Å². The second kappa shape index (κ2) is 8.73. The van der Waals surface area contributed by atoms with Crippen molar-refractivity contribution in [3.05, 3.63) is 23.3 Å². The van der Waals surface area contributed by atoms with Crippen molar-refractivity contribution >= 4 is 11.9 Å². The lowest BCUT2D eigenvalue weighted by Gasteiger charge is -2.34. The third kappa shape index (κ3) is 5.30. The Morgan fingerprint density at radius 3 is 1.95 bits per heavy atom. The van der Waals surface area contributed by atoms with Gasteiger partial charge in [-0.3, -0.25) is 9.59 Å². The molecule has 2 N–H and O–H groups in total. The van der Waals surface area contributed by atoms with Crippen molar-refractivity contribution in [2.24, 2.45) is 5.41 Å². The van der Waals surface area contributed by atoms with Crippen LogP contribution in [0.2, 0.25) is 0 Å². The van der Waals surface area contributed by atoms with E-state index in [9.17, 15) is 19.8 Å². The van der Waals surface area contributed by atoms with Gasteiger partial charge in [-0.25, -0.2) is 0 Å². The maximum atomic E-state index is 11.7. The highest BCUT2D eigenvalue weighted by Crippen LogP contribution is 2.32. The fourth-order valence-electron chi connectivity index (χ4n) is 2.26. The molecule has 0 aromatic heterocycles. The predicted molar refractivity (Wildman–Crippen MR) is 87.9 cm³/mol. The van der Waals surface area contributed by atoms with E-state index < -0.39 is 23.4 Å². The summed E-state index contributed by atoms with van der Waals surface area (Å²) in [6, 6.07) is -0.621. The number of allylic oxidation sites excluding steroid dienone is 4. The molecule has 5 heteroatoms. The summed E-state index contributed by atoms with van der Waals surface area (Å²) in [5, 5.41) is 19.1. The largest absolute Gasteiger partial charge is 0.480 e. The number of hydrogen-bond donors (Lipinski definition) is 2. The number of carboxylic acids is 2. The quantitative estimate of drug-likeness (QED) is 0.505. The van der Waals surface area contributed by atoms with Gasteiger partial charge in [0.15, 0.2) is 5.41 Å².